The lowest BCUT2D eigenvalue weighted by Crippen LogP contribution is -2.35. The Hall–Kier alpha value is -2.38. The Morgan fingerprint density at radius 1 is 1.03 bits per heavy atom. The van der Waals surface area contributed by atoms with Gasteiger partial charge in [0.25, 0.3) is 0 Å². The first-order valence-electron chi connectivity index (χ1n) is 10.6. The van der Waals surface area contributed by atoms with Gasteiger partial charge in [0.2, 0.25) is 15.9 Å². The summed E-state index contributed by atoms with van der Waals surface area (Å²) in [6, 6.07) is 13.0. The van der Waals surface area contributed by atoms with Crippen LogP contribution in [0.3, 0.4) is 0 Å². The molecular weight excluding hydrogens is 400 g/mol. The van der Waals surface area contributed by atoms with Crippen LogP contribution in [-0.4, -0.2) is 45.4 Å². The standard InChI is InChI=1S/C23H28N2O4S/c1-29-20-7-5-6-18(16-20)8-11-23(26)25-15-12-19-17-21(9-10-22(19)25)30(27,28)24-13-3-2-4-14-24/h5-7,9-10,16-17H,2-4,8,11-15H2,1H3. The van der Waals surface area contributed by atoms with Crippen LogP contribution in [0.15, 0.2) is 47.4 Å². The van der Waals surface area contributed by atoms with E-state index < -0.39 is 10.0 Å². The fraction of sp³-hybridized carbons (Fsp3) is 0.435. The highest BCUT2D eigenvalue weighted by Gasteiger charge is 2.29. The summed E-state index contributed by atoms with van der Waals surface area (Å²) in [5.74, 6) is 0.845. The zero-order valence-corrected chi connectivity index (χ0v) is 18.2. The van der Waals surface area contributed by atoms with E-state index in [0.29, 0.717) is 43.8 Å². The van der Waals surface area contributed by atoms with Crippen molar-refractivity contribution in [1.82, 2.24) is 4.31 Å². The number of sulfonamides is 1. The summed E-state index contributed by atoms with van der Waals surface area (Å²) in [5.41, 5.74) is 2.83. The molecule has 2 aromatic rings. The van der Waals surface area contributed by atoms with E-state index in [1.165, 1.54) is 0 Å². The maximum atomic E-state index is 12.9. The Balaban J connectivity index is 1.45. The molecule has 7 heteroatoms. The molecule has 0 atom stereocenters. The highest BCUT2D eigenvalue weighted by molar-refractivity contribution is 7.89. The maximum Gasteiger partial charge on any atom is 0.243 e. The fourth-order valence-corrected chi connectivity index (χ4v) is 5.83. The average Bonchev–Trinajstić information content (AvgIpc) is 3.21. The normalized spacial score (nSPS) is 17.0. The molecule has 4 rings (SSSR count). The number of rotatable bonds is 6. The van der Waals surface area contributed by atoms with Crippen LogP contribution in [0.4, 0.5) is 5.69 Å². The van der Waals surface area contributed by atoms with Crippen molar-refractivity contribution in [3.63, 3.8) is 0 Å². The van der Waals surface area contributed by atoms with Gasteiger partial charge in [0, 0.05) is 31.7 Å². The van der Waals surface area contributed by atoms with Crippen molar-refractivity contribution in [1.29, 1.82) is 0 Å². The third-order valence-corrected chi connectivity index (χ3v) is 7.86. The van der Waals surface area contributed by atoms with Crippen LogP contribution in [0.1, 0.15) is 36.8 Å². The fourth-order valence-electron chi connectivity index (χ4n) is 4.27. The smallest absolute Gasteiger partial charge is 0.243 e. The first-order valence-corrected chi connectivity index (χ1v) is 12.0. The molecule has 0 N–H and O–H groups in total. The van der Waals surface area contributed by atoms with Crippen LogP contribution in [0.5, 0.6) is 5.75 Å². The Labute approximate surface area is 178 Å². The number of carbonyl (C=O) groups excluding carboxylic acids is 1. The summed E-state index contributed by atoms with van der Waals surface area (Å²) in [6.45, 7) is 1.78. The summed E-state index contributed by atoms with van der Waals surface area (Å²) in [6.07, 6.45) is 4.65. The number of aryl methyl sites for hydroxylation is 1. The second-order valence-electron chi connectivity index (χ2n) is 7.90. The van der Waals surface area contributed by atoms with Gasteiger partial charge in [-0.25, -0.2) is 8.42 Å². The summed E-state index contributed by atoms with van der Waals surface area (Å²) >= 11 is 0. The molecule has 1 saturated heterocycles. The van der Waals surface area contributed by atoms with Gasteiger partial charge < -0.3 is 9.64 Å². The molecule has 0 aromatic heterocycles. The monoisotopic (exact) mass is 428 g/mol. The van der Waals surface area contributed by atoms with E-state index >= 15 is 0 Å². The lowest BCUT2D eigenvalue weighted by atomic mass is 10.1. The van der Waals surface area contributed by atoms with Gasteiger partial charge in [-0.2, -0.15) is 4.31 Å². The number of methoxy groups -OCH3 is 1. The second-order valence-corrected chi connectivity index (χ2v) is 9.84. The minimum atomic E-state index is -3.46. The van der Waals surface area contributed by atoms with Gasteiger partial charge in [0.1, 0.15) is 5.75 Å². The lowest BCUT2D eigenvalue weighted by molar-refractivity contribution is -0.118. The Bertz CT molecular complexity index is 1030. The van der Waals surface area contributed by atoms with Gasteiger partial charge in [0.05, 0.1) is 12.0 Å². The predicted molar refractivity (Wildman–Crippen MR) is 116 cm³/mol. The first-order chi connectivity index (χ1) is 14.5. The van der Waals surface area contributed by atoms with Gasteiger partial charge in [-0.1, -0.05) is 18.6 Å². The predicted octanol–water partition coefficient (Wildman–Crippen LogP) is 3.39. The number of hydrogen-bond donors (Lipinski definition) is 0. The van der Waals surface area contributed by atoms with Crippen molar-refractivity contribution in [3.05, 3.63) is 53.6 Å². The summed E-state index contributed by atoms with van der Waals surface area (Å²) in [5, 5.41) is 0. The molecule has 2 aliphatic heterocycles. The highest BCUT2D eigenvalue weighted by Crippen LogP contribution is 2.32. The van der Waals surface area contributed by atoms with Crippen LogP contribution < -0.4 is 9.64 Å². The number of amides is 1. The number of piperidine rings is 1. The molecule has 2 aromatic carbocycles. The molecule has 0 saturated carbocycles. The molecule has 30 heavy (non-hydrogen) atoms. The summed E-state index contributed by atoms with van der Waals surface area (Å²) < 4.78 is 32.7. The number of hydrogen-bond acceptors (Lipinski definition) is 4. The van der Waals surface area contributed by atoms with E-state index in [4.69, 9.17) is 4.74 Å². The minimum absolute atomic E-state index is 0.0585. The molecule has 160 valence electrons. The highest BCUT2D eigenvalue weighted by atomic mass is 32.2. The van der Waals surface area contributed by atoms with Gasteiger partial charge in [-0.3, -0.25) is 4.79 Å². The zero-order chi connectivity index (χ0) is 21.1. The van der Waals surface area contributed by atoms with Crippen LogP contribution >= 0.6 is 0 Å². The molecule has 6 nitrogen and oxygen atoms in total. The van der Waals surface area contributed by atoms with E-state index in [-0.39, 0.29) is 5.91 Å². The molecule has 1 amide bonds. The van der Waals surface area contributed by atoms with E-state index in [0.717, 1.165) is 41.8 Å². The van der Waals surface area contributed by atoms with Gasteiger partial charge in [-0.15, -0.1) is 0 Å². The molecule has 0 unspecified atom stereocenters. The zero-order valence-electron chi connectivity index (χ0n) is 17.3. The van der Waals surface area contributed by atoms with Crippen molar-refractivity contribution in [2.75, 3.05) is 31.6 Å². The molecule has 0 radical (unpaired) electrons. The van der Waals surface area contributed by atoms with Crippen molar-refractivity contribution in [3.8, 4) is 5.75 Å². The van der Waals surface area contributed by atoms with Gasteiger partial charge in [-0.05, 0) is 67.1 Å². The number of nitrogens with zero attached hydrogens (tertiary/aromatic N) is 2. The SMILES string of the molecule is COc1cccc(CCC(=O)N2CCc3cc(S(=O)(=O)N4CCCCC4)ccc32)c1. The number of benzene rings is 2. The third kappa shape index (κ3) is 4.23. The van der Waals surface area contributed by atoms with E-state index in [1.807, 2.05) is 24.3 Å². The van der Waals surface area contributed by atoms with E-state index in [9.17, 15) is 13.2 Å². The third-order valence-electron chi connectivity index (χ3n) is 5.96. The molecule has 0 spiro atoms. The quantitative estimate of drug-likeness (QED) is 0.707. The molecule has 2 aliphatic rings. The van der Waals surface area contributed by atoms with E-state index in [1.54, 1.807) is 34.5 Å². The van der Waals surface area contributed by atoms with Gasteiger partial charge in [0.15, 0.2) is 0 Å². The minimum Gasteiger partial charge on any atom is -0.497 e. The maximum absolute atomic E-state index is 12.9. The summed E-state index contributed by atoms with van der Waals surface area (Å²) in [7, 11) is -1.83. The topological polar surface area (TPSA) is 66.9 Å². The van der Waals surface area contributed by atoms with Gasteiger partial charge >= 0.3 is 0 Å². The summed E-state index contributed by atoms with van der Waals surface area (Å²) in [4.78, 5) is 15.0. The second kappa shape index (κ2) is 8.78. The number of fused-ring (bicyclic) bond motifs is 1. The van der Waals surface area contributed by atoms with Crippen LogP contribution in [0.25, 0.3) is 0 Å². The Kier molecular flexibility index (Phi) is 6.11. The number of ether oxygens (including phenoxy) is 1. The Morgan fingerprint density at radius 2 is 1.83 bits per heavy atom. The van der Waals surface area contributed by atoms with Crippen LogP contribution in [0.2, 0.25) is 0 Å². The number of carbonyl (C=O) groups is 1. The lowest BCUT2D eigenvalue weighted by Gasteiger charge is -2.26. The van der Waals surface area contributed by atoms with E-state index in [2.05, 4.69) is 0 Å². The molecule has 0 bridgehead atoms. The molecule has 2 heterocycles. The van der Waals surface area contributed by atoms with Crippen LogP contribution in [-0.2, 0) is 27.7 Å². The van der Waals surface area contributed by atoms with Crippen molar-refractivity contribution >= 4 is 21.6 Å². The largest absolute Gasteiger partial charge is 0.497 e. The first kappa shape index (κ1) is 20.9. The molecular formula is C23H28N2O4S. The van der Waals surface area contributed by atoms with Crippen molar-refractivity contribution in [2.45, 2.75) is 43.4 Å². The van der Waals surface area contributed by atoms with Crippen molar-refractivity contribution < 1.29 is 17.9 Å². The molecule has 1 fully saturated rings. The number of anilines is 1. The van der Waals surface area contributed by atoms with Crippen molar-refractivity contribution in [2.24, 2.45) is 0 Å². The Morgan fingerprint density at radius 3 is 2.60 bits per heavy atom. The average molecular weight is 429 g/mol. The molecule has 0 aliphatic carbocycles. The van der Waals surface area contributed by atoms with Crippen LogP contribution in [0, 0.1) is 0 Å².